The molecule has 0 aromatic heterocycles. The van der Waals surface area contributed by atoms with Crippen LogP contribution in [0, 0.1) is 55.9 Å². The molecule has 0 aromatic carbocycles. The van der Waals surface area contributed by atoms with Gasteiger partial charge >= 0.3 is 0 Å². The second-order valence-electron chi connectivity index (χ2n) is 3.88. The molecule has 1 saturated carbocycles. The fourth-order valence-corrected chi connectivity index (χ4v) is 1.98. The molecule has 0 aliphatic heterocycles. The van der Waals surface area contributed by atoms with E-state index in [4.69, 9.17) is 5.11 Å². The summed E-state index contributed by atoms with van der Waals surface area (Å²) in [5.74, 6) is 1.33. The molecule has 13 heavy (non-hydrogen) atoms. The summed E-state index contributed by atoms with van der Waals surface area (Å²) in [5, 5.41) is 8.79. The van der Waals surface area contributed by atoms with Gasteiger partial charge in [0, 0.05) is 44.1 Å². The Morgan fingerprint density at radius 2 is 2.15 bits per heavy atom. The molecule has 0 amide bonds. The normalized spacial score (nSPS) is 31.6. The van der Waals surface area contributed by atoms with Crippen LogP contribution in [0.15, 0.2) is 23.8 Å². The van der Waals surface area contributed by atoms with Gasteiger partial charge < -0.3 is 5.11 Å². The van der Waals surface area contributed by atoms with Gasteiger partial charge in [0.2, 0.25) is 0 Å². The summed E-state index contributed by atoms with van der Waals surface area (Å²) in [4.78, 5) is 0. The van der Waals surface area contributed by atoms with E-state index in [1.54, 1.807) is 0 Å². The molecule has 2 heteroatoms. The standard InChI is InChI=1S/C11H18O.Ac/c1-8-6-9(2)10(3)11(7-8)4-5-12;/h4,8-9,12H,3,5-7H2,1-2H3;/b11-4-;/t8-,9+;/m1./s1. The van der Waals surface area contributed by atoms with E-state index in [9.17, 15) is 0 Å². The van der Waals surface area contributed by atoms with Gasteiger partial charge in [0.05, 0.1) is 6.61 Å². The van der Waals surface area contributed by atoms with Crippen molar-refractivity contribution in [1.82, 2.24) is 0 Å². The second kappa shape index (κ2) is 6.38. The van der Waals surface area contributed by atoms with Crippen LogP contribution in [-0.4, -0.2) is 11.7 Å². The smallest absolute Gasteiger partial charge is 0.0618 e. The van der Waals surface area contributed by atoms with E-state index in [2.05, 4.69) is 20.4 Å². The van der Waals surface area contributed by atoms with Gasteiger partial charge in [0.15, 0.2) is 0 Å². The Kier molecular flexibility index (Phi) is 6.81. The number of hydrogen-bond acceptors (Lipinski definition) is 1. The van der Waals surface area contributed by atoms with Crippen LogP contribution < -0.4 is 0 Å². The van der Waals surface area contributed by atoms with Crippen LogP contribution >= 0.6 is 0 Å². The van der Waals surface area contributed by atoms with Crippen molar-refractivity contribution in [2.75, 3.05) is 6.61 Å². The van der Waals surface area contributed by atoms with Crippen molar-refractivity contribution in [2.24, 2.45) is 11.8 Å². The van der Waals surface area contributed by atoms with E-state index >= 15 is 0 Å². The number of hydrogen-bond donors (Lipinski definition) is 1. The molecule has 1 aliphatic carbocycles. The summed E-state index contributed by atoms with van der Waals surface area (Å²) >= 11 is 0. The molecule has 0 aromatic rings. The first-order valence-corrected chi connectivity index (χ1v) is 4.64. The molecule has 1 aliphatic rings. The van der Waals surface area contributed by atoms with E-state index in [0.29, 0.717) is 5.92 Å². The Balaban J connectivity index is 0.00000144. The first kappa shape index (κ1) is 13.9. The van der Waals surface area contributed by atoms with Crippen molar-refractivity contribution in [2.45, 2.75) is 26.7 Å². The fourth-order valence-electron chi connectivity index (χ4n) is 1.98. The maximum Gasteiger partial charge on any atom is 0.0618 e. The van der Waals surface area contributed by atoms with Gasteiger partial charge in [0.25, 0.3) is 0 Å². The Hall–Kier alpha value is 0.882. The summed E-state index contributed by atoms with van der Waals surface area (Å²) in [7, 11) is 0. The van der Waals surface area contributed by atoms with Gasteiger partial charge in [-0.1, -0.05) is 26.5 Å². The Bertz CT molecular complexity index is 208. The van der Waals surface area contributed by atoms with Gasteiger partial charge in [-0.3, -0.25) is 0 Å². The molecule has 1 N–H and O–H groups in total. The van der Waals surface area contributed by atoms with Gasteiger partial charge in [-0.25, -0.2) is 0 Å². The fraction of sp³-hybridized carbons (Fsp3) is 0.636. The Morgan fingerprint density at radius 3 is 2.69 bits per heavy atom. The molecule has 1 fully saturated rings. The van der Waals surface area contributed by atoms with Crippen LogP contribution in [0.4, 0.5) is 0 Å². The minimum atomic E-state index is 0. The molecule has 71 valence electrons. The molecule has 0 unspecified atom stereocenters. The van der Waals surface area contributed by atoms with Crippen molar-refractivity contribution in [3.8, 4) is 0 Å². The summed E-state index contributed by atoms with van der Waals surface area (Å²) in [5.41, 5.74) is 2.49. The van der Waals surface area contributed by atoms with E-state index in [1.807, 2.05) is 6.08 Å². The average molecular weight is 393 g/mol. The number of allylic oxidation sites excluding steroid dienone is 2. The molecule has 1 radical (unpaired) electrons. The van der Waals surface area contributed by atoms with Crippen molar-refractivity contribution < 1.29 is 49.2 Å². The summed E-state index contributed by atoms with van der Waals surface area (Å²) in [6.45, 7) is 8.67. The van der Waals surface area contributed by atoms with Crippen LogP contribution in [-0.2, 0) is 0 Å². The molecule has 1 rings (SSSR count). The number of rotatable bonds is 1. The third kappa shape index (κ3) is 3.86. The topological polar surface area (TPSA) is 20.2 Å². The van der Waals surface area contributed by atoms with E-state index < -0.39 is 0 Å². The summed E-state index contributed by atoms with van der Waals surface area (Å²) in [6.07, 6.45) is 4.22. The van der Waals surface area contributed by atoms with Crippen LogP contribution in [0.5, 0.6) is 0 Å². The van der Waals surface area contributed by atoms with Crippen molar-refractivity contribution in [3.05, 3.63) is 23.8 Å². The van der Waals surface area contributed by atoms with Gasteiger partial charge in [-0.2, -0.15) is 0 Å². The third-order valence-corrected chi connectivity index (χ3v) is 2.67. The minimum Gasteiger partial charge on any atom is -0.392 e. The monoisotopic (exact) mass is 393 g/mol. The maximum atomic E-state index is 8.79. The number of aliphatic hydroxyl groups is 1. The molecular weight excluding hydrogens is 375 g/mol. The Morgan fingerprint density at radius 1 is 1.54 bits per heavy atom. The van der Waals surface area contributed by atoms with Gasteiger partial charge in [0.1, 0.15) is 0 Å². The average Bonchev–Trinajstić information content (AvgIpc) is 2.00. The van der Waals surface area contributed by atoms with E-state index in [-0.39, 0.29) is 50.7 Å². The zero-order chi connectivity index (χ0) is 9.14. The molecule has 0 bridgehead atoms. The zero-order valence-electron chi connectivity index (χ0n) is 8.59. The molecule has 1 nitrogen and oxygen atoms in total. The third-order valence-electron chi connectivity index (χ3n) is 2.67. The van der Waals surface area contributed by atoms with Crippen molar-refractivity contribution >= 4 is 0 Å². The molecule has 0 saturated heterocycles. The SMILES string of the molecule is C=C1/C(=C\CO)C[C@H](C)C[C@@H]1C.[Ac]. The second-order valence-corrected chi connectivity index (χ2v) is 3.88. The van der Waals surface area contributed by atoms with Crippen LogP contribution in [0.2, 0.25) is 0 Å². The predicted octanol–water partition coefficient (Wildman–Crippen LogP) is 2.53. The molecule has 0 spiro atoms. The summed E-state index contributed by atoms with van der Waals surface area (Å²) in [6, 6.07) is 0. The molecule has 2 atom stereocenters. The maximum absolute atomic E-state index is 8.79. The molecule has 0 heterocycles. The zero-order valence-corrected chi connectivity index (χ0v) is 13.3. The number of aliphatic hydroxyl groups excluding tert-OH is 1. The predicted molar refractivity (Wildman–Crippen MR) is 51.9 cm³/mol. The van der Waals surface area contributed by atoms with Crippen LogP contribution in [0.3, 0.4) is 0 Å². The van der Waals surface area contributed by atoms with Crippen LogP contribution in [0.1, 0.15) is 26.7 Å². The van der Waals surface area contributed by atoms with Gasteiger partial charge in [-0.05, 0) is 35.8 Å². The molecular formula is C11H18AcO. The first-order valence-electron chi connectivity index (χ1n) is 4.64. The minimum absolute atomic E-state index is 0. The van der Waals surface area contributed by atoms with Crippen LogP contribution in [0.25, 0.3) is 0 Å². The van der Waals surface area contributed by atoms with E-state index in [0.717, 1.165) is 12.3 Å². The van der Waals surface area contributed by atoms with E-state index in [1.165, 1.54) is 17.6 Å². The first-order chi connectivity index (χ1) is 5.65. The van der Waals surface area contributed by atoms with Gasteiger partial charge in [-0.15, -0.1) is 0 Å². The summed E-state index contributed by atoms with van der Waals surface area (Å²) < 4.78 is 0. The van der Waals surface area contributed by atoms with Crippen molar-refractivity contribution in [3.63, 3.8) is 0 Å². The van der Waals surface area contributed by atoms with Crippen molar-refractivity contribution in [1.29, 1.82) is 0 Å². The Labute approximate surface area is 117 Å². The largest absolute Gasteiger partial charge is 0.392 e. The quantitative estimate of drug-likeness (QED) is 0.726.